The van der Waals surface area contributed by atoms with E-state index < -0.39 is 0 Å². The molecule has 0 atom stereocenters. The predicted molar refractivity (Wildman–Crippen MR) is 566 cm³/mol. The minimum atomic E-state index is -0.0599. The first kappa shape index (κ1) is 78.7. The van der Waals surface area contributed by atoms with E-state index in [9.17, 15) is 0 Å². The van der Waals surface area contributed by atoms with Crippen molar-refractivity contribution in [1.29, 1.82) is 0 Å². The molecule has 0 radical (unpaired) electrons. The molecule has 137 heavy (non-hydrogen) atoms. The fourth-order valence-corrected chi connectivity index (χ4v) is 21.7. The Balaban J connectivity index is 0.000000104. The van der Waals surface area contributed by atoms with Crippen molar-refractivity contribution in [2.45, 2.75) is 19.3 Å². The minimum absolute atomic E-state index is 0.0599. The molecule has 10 nitrogen and oxygen atoms in total. The summed E-state index contributed by atoms with van der Waals surface area (Å²) in [4.78, 5) is 20.7. The number of hydrogen-bond donors (Lipinski definition) is 0. The Morgan fingerprint density at radius 2 is 0.628 bits per heavy atom. The molecular formula is C127H81N7O3. The van der Waals surface area contributed by atoms with Gasteiger partial charge in [-0.05, 0) is 171 Å². The monoisotopic (exact) mass is 1750 g/mol. The van der Waals surface area contributed by atoms with Crippen molar-refractivity contribution < 1.29 is 13.3 Å². The average Bonchev–Trinajstić information content (AvgIpc) is 1.53. The number of benzene rings is 20. The van der Waals surface area contributed by atoms with Crippen LogP contribution in [0, 0.1) is 0 Å². The fraction of sp³-hybridized carbons (Fsp3) is 0.0236. The van der Waals surface area contributed by atoms with E-state index in [1.807, 2.05) is 91.0 Å². The molecule has 0 unspecified atom stereocenters. The van der Waals surface area contributed by atoms with Crippen LogP contribution in [0.15, 0.2) is 468 Å². The zero-order chi connectivity index (χ0) is 90.5. The number of hydrogen-bond acceptors (Lipinski definition) is 7. The first-order valence-electron chi connectivity index (χ1n) is 46.6. The topological polar surface area (TPSA) is 106 Å². The SMILES string of the molecule is CC1(C)c2ccccc2-c2c1ccc1c2c2ccccc2n1-c1ccc2c(c1)oc1cc(-c3nc4ccccc4nc3-c3ccccc3)ccc12.c1ccc(-c2ccc(-c3nc4ccccc4nc3-n3c4ccccc4c4c5c(ccc43)oc3ccccc35)cc2)cc1.c1ccc(-c2ccc(-n3c4ccc5oc6ccccc6c5c4c4cccc(-c5ccccc5)c43)c(-c3ccccc3)c2)cc1. The van der Waals surface area contributed by atoms with Gasteiger partial charge in [0.2, 0.25) is 0 Å². The van der Waals surface area contributed by atoms with Gasteiger partial charge in [0, 0.05) is 110 Å². The van der Waals surface area contributed by atoms with Crippen LogP contribution in [-0.2, 0) is 5.41 Å². The summed E-state index contributed by atoms with van der Waals surface area (Å²) in [6.45, 7) is 4.69. The third kappa shape index (κ3) is 12.7. The second-order valence-electron chi connectivity index (χ2n) is 36.1. The van der Waals surface area contributed by atoms with Crippen molar-refractivity contribution >= 4 is 153 Å². The second kappa shape index (κ2) is 31.6. The Hall–Kier alpha value is -18.1. The summed E-state index contributed by atoms with van der Waals surface area (Å²) < 4.78 is 26.5. The maximum Gasteiger partial charge on any atom is 0.165 e. The lowest BCUT2D eigenvalue weighted by Crippen LogP contribution is -2.14. The van der Waals surface area contributed by atoms with Crippen LogP contribution in [0.1, 0.15) is 25.0 Å². The summed E-state index contributed by atoms with van der Waals surface area (Å²) in [6.07, 6.45) is 0. The molecule has 1 aliphatic rings. The third-order valence-corrected chi connectivity index (χ3v) is 28.0. The number of nitrogens with zero attached hydrogens (tertiary/aromatic N) is 7. The van der Waals surface area contributed by atoms with Gasteiger partial charge >= 0.3 is 0 Å². The van der Waals surface area contributed by atoms with Crippen LogP contribution in [0.5, 0.6) is 0 Å². The highest BCUT2D eigenvalue weighted by Gasteiger charge is 2.38. The predicted octanol–water partition coefficient (Wildman–Crippen LogP) is 33.9. The van der Waals surface area contributed by atoms with Gasteiger partial charge in [0.05, 0.1) is 72.2 Å². The van der Waals surface area contributed by atoms with E-state index in [-0.39, 0.29) is 5.41 Å². The van der Waals surface area contributed by atoms with Crippen molar-refractivity contribution in [3.8, 4) is 107 Å². The van der Waals surface area contributed by atoms with Crippen LogP contribution in [0.4, 0.5) is 0 Å². The first-order chi connectivity index (χ1) is 67.7. The van der Waals surface area contributed by atoms with Gasteiger partial charge in [0.25, 0.3) is 0 Å². The zero-order valence-corrected chi connectivity index (χ0v) is 74.7. The molecule has 8 aromatic heterocycles. The quantitative estimate of drug-likeness (QED) is 0.134. The maximum absolute atomic E-state index is 6.70. The zero-order valence-electron chi connectivity index (χ0n) is 74.7. The molecule has 29 rings (SSSR count). The summed E-state index contributed by atoms with van der Waals surface area (Å²) in [5.74, 6) is 0.805. The standard InChI is InChI=1S/C47H31N3O.C42H27NO.C38H23N3O/c1-47(2)35-16-8-6-14-33(35)43-36(47)24-25-40-44(43)34-15-7-11-19-39(34)50(40)30-21-23-32-31-22-20-29(26-41(31)51-42(32)27-30)46-45(28-12-4-3-5-13-28)48-37-17-9-10-18-38(37)49-46;1-4-13-28(14-5-1)31-23-24-36(35(27-31)30-17-8-3-9-18-30)43-37-25-26-39-41(33-19-10-11-22-38(33)44-39)40(37)34-21-12-20-32(42(34)43)29-15-6-2-7-16-29;1-2-10-24(11-3-1)25-18-20-26(21-19-25)37-38(40-30-15-7-6-14-29(30)39-37)41-31-16-8-4-12-27(31)35-32(41)22-23-34-36(35)28-13-5-9-17-33(28)42-34/h3-27H,1-2H3;1-27H;1-23H. The molecule has 0 fully saturated rings. The molecule has 10 heteroatoms. The van der Waals surface area contributed by atoms with E-state index >= 15 is 0 Å². The summed E-state index contributed by atoms with van der Waals surface area (Å²) in [7, 11) is 0. The first-order valence-corrected chi connectivity index (χ1v) is 46.6. The largest absolute Gasteiger partial charge is 0.456 e. The maximum atomic E-state index is 6.70. The van der Waals surface area contributed by atoms with Crippen LogP contribution < -0.4 is 0 Å². The van der Waals surface area contributed by atoms with Crippen LogP contribution >= 0.6 is 0 Å². The number of fused-ring (bicyclic) bond motifs is 26. The number of furan rings is 3. The van der Waals surface area contributed by atoms with Gasteiger partial charge in [-0.15, -0.1) is 0 Å². The molecule has 0 N–H and O–H groups in total. The minimum Gasteiger partial charge on any atom is -0.456 e. The molecule has 20 aromatic carbocycles. The summed E-state index contributed by atoms with van der Waals surface area (Å²) in [5, 5.41) is 14.0. The van der Waals surface area contributed by atoms with Crippen LogP contribution in [0.25, 0.3) is 260 Å². The second-order valence-corrected chi connectivity index (χ2v) is 36.1. The smallest absolute Gasteiger partial charge is 0.165 e. The van der Waals surface area contributed by atoms with Gasteiger partial charge in [-0.3, -0.25) is 4.57 Å². The van der Waals surface area contributed by atoms with Gasteiger partial charge in [0.15, 0.2) is 5.82 Å². The highest BCUT2D eigenvalue weighted by Crippen LogP contribution is 2.55. The van der Waals surface area contributed by atoms with Crippen molar-refractivity contribution in [2.24, 2.45) is 0 Å². The number of para-hydroxylation sites is 9. The van der Waals surface area contributed by atoms with E-state index in [2.05, 4.69) is 392 Å². The van der Waals surface area contributed by atoms with Crippen LogP contribution in [-0.4, -0.2) is 33.6 Å². The Morgan fingerprint density at radius 1 is 0.212 bits per heavy atom. The average molecular weight is 1750 g/mol. The highest BCUT2D eigenvalue weighted by molar-refractivity contribution is 6.30. The summed E-state index contributed by atoms with van der Waals surface area (Å²) in [5.41, 5.74) is 38.3. The molecule has 642 valence electrons. The van der Waals surface area contributed by atoms with Crippen molar-refractivity contribution in [2.75, 3.05) is 0 Å². The van der Waals surface area contributed by atoms with E-state index in [0.717, 1.165) is 166 Å². The Bertz CT molecular complexity index is 9750. The third-order valence-electron chi connectivity index (χ3n) is 28.0. The molecule has 8 heterocycles. The van der Waals surface area contributed by atoms with Crippen LogP contribution in [0.2, 0.25) is 0 Å². The molecule has 28 aromatic rings. The van der Waals surface area contributed by atoms with Gasteiger partial charge in [-0.1, -0.05) is 347 Å². The van der Waals surface area contributed by atoms with E-state index in [4.69, 9.17) is 33.2 Å². The molecule has 0 saturated heterocycles. The van der Waals surface area contributed by atoms with Gasteiger partial charge in [-0.25, -0.2) is 19.9 Å². The Morgan fingerprint density at radius 3 is 1.26 bits per heavy atom. The van der Waals surface area contributed by atoms with Gasteiger partial charge < -0.3 is 22.4 Å². The van der Waals surface area contributed by atoms with E-state index in [1.165, 1.54) is 105 Å². The molecule has 1 aliphatic carbocycles. The number of aromatic nitrogens is 7. The lowest BCUT2D eigenvalue weighted by molar-refractivity contribution is 0.661. The van der Waals surface area contributed by atoms with Gasteiger partial charge in [0.1, 0.15) is 39.2 Å². The van der Waals surface area contributed by atoms with E-state index in [0.29, 0.717) is 0 Å². The normalized spacial score (nSPS) is 12.4. The Kier molecular flexibility index (Phi) is 18.1. The molecule has 0 aliphatic heterocycles. The summed E-state index contributed by atoms with van der Waals surface area (Å²) >= 11 is 0. The molecule has 0 bridgehead atoms. The highest BCUT2D eigenvalue weighted by atomic mass is 16.3. The molecule has 0 spiro atoms. The van der Waals surface area contributed by atoms with Crippen molar-refractivity contribution in [1.82, 2.24) is 33.6 Å². The van der Waals surface area contributed by atoms with Crippen molar-refractivity contribution in [3.63, 3.8) is 0 Å². The number of rotatable bonds is 10. The molecule has 0 saturated carbocycles. The fourth-order valence-electron chi connectivity index (χ4n) is 21.7. The van der Waals surface area contributed by atoms with E-state index in [1.54, 1.807) is 0 Å². The lowest BCUT2D eigenvalue weighted by Gasteiger charge is -2.21. The summed E-state index contributed by atoms with van der Waals surface area (Å²) in [6, 6.07) is 160. The molecular weight excluding hydrogens is 1670 g/mol. The van der Waals surface area contributed by atoms with Crippen molar-refractivity contribution in [3.05, 3.63) is 466 Å². The molecule has 0 amide bonds. The van der Waals surface area contributed by atoms with Gasteiger partial charge in [-0.2, -0.15) is 0 Å². The Labute approximate surface area is 786 Å². The van der Waals surface area contributed by atoms with Crippen LogP contribution in [0.3, 0.4) is 0 Å². The lowest BCUT2D eigenvalue weighted by atomic mass is 9.82.